The number of hydrogen-bond acceptors (Lipinski definition) is 5. The van der Waals surface area contributed by atoms with Crippen LogP contribution >= 0.6 is 0 Å². The van der Waals surface area contributed by atoms with Crippen molar-refractivity contribution in [1.29, 1.82) is 0 Å². The first-order valence-corrected chi connectivity index (χ1v) is 5.96. The summed E-state index contributed by atoms with van der Waals surface area (Å²) in [6.07, 6.45) is 0. The van der Waals surface area contributed by atoms with E-state index in [4.69, 9.17) is 9.84 Å². The van der Waals surface area contributed by atoms with E-state index in [9.17, 15) is 14.4 Å². The van der Waals surface area contributed by atoms with Crippen LogP contribution in [0, 0.1) is 0 Å². The number of amides is 2. The normalized spacial score (nSPS) is 9.62. The van der Waals surface area contributed by atoms with Crippen molar-refractivity contribution in [3.05, 3.63) is 24.3 Å². The number of anilines is 1. The highest BCUT2D eigenvalue weighted by Crippen LogP contribution is 2.23. The minimum atomic E-state index is -1.13. The van der Waals surface area contributed by atoms with Crippen molar-refractivity contribution in [2.45, 2.75) is 0 Å². The predicted octanol–water partition coefficient (Wildman–Crippen LogP) is 0.787. The number of carboxylic acid groups (broad SMARTS) is 1. The summed E-state index contributed by atoms with van der Waals surface area (Å²) in [7, 11) is 2.65. The average Bonchev–Trinajstić information content (AvgIpc) is 2.45. The second kappa shape index (κ2) is 7.73. The van der Waals surface area contributed by atoms with Crippen LogP contribution in [0.2, 0.25) is 0 Å². The summed E-state index contributed by atoms with van der Waals surface area (Å²) in [5, 5.41) is 11.1. The molecule has 0 radical (unpaired) electrons. The fourth-order valence-electron chi connectivity index (χ4n) is 1.38. The number of nitrogens with zero attached hydrogens (tertiary/aromatic N) is 1. The van der Waals surface area contributed by atoms with Gasteiger partial charge in [-0.1, -0.05) is 12.1 Å². The summed E-state index contributed by atoms with van der Waals surface area (Å²) in [5.41, 5.74) is 0.306. The molecule has 0 saturated carbocycles. The molecule has 1 aromatic rings. The van der Waals surface area contributed by atoms with Crippen LogP contribution in [-0.4, -0.2) is 55.3 Å². The molecule has 0 spiro atoms. The fraction of sp³-hybridized carbons (Fsp3) is 0.308. The number of carbonyl (C=O) groups excluding carboxylic acids is 2. The van der Waals surface area contributed by atoms with E-state index in [1.165, 1.54) is 20.2 Å². The van der Waals surface area contributed by atoms with Crippen LogP contribution in [0.25, 0.3) is 0 Å². The number of rotatable bonds is 6. The minimum Gasteiger partial charge on any atom is -0.480 e. The molecule has 0 heterocycles. The van der Waals surface area contributed by atoms with E-state index in [0.29, 0.717) is 5.69 Å². The molecule has 2 N–H and O–H groups in total. The van der Waals surface area contributed by atoms with Crippen molar-refractivity contribution in [3.8, 4) is 5.75 Å². The van der Waals surface area contributed by atoms with Crippen molar-refractivity contribution in [2.75, 3.05) is 32.6 Å². The largest absolute Gasteiger partial charge is 0.480 e. The van der Waals surface area contributed by atoms with Gasteiger partial charge < -0.3 is 24.8 Å². The lowest BCUT2D eigenvalue weighted by Crippen LogP contribution is -2.36. The Bertz CT molecular complexity index is 531. The van der Waals surface area contributed by atoms with Crippen LogP contribution in [0.5, 0.6) is 5.75 Å². The second-order valence-electron chi connectivity index (χ2n) is 4.04. The van der Waals surface area contributed by atoms with Gasteiger partial charge in [-0.05, 0) is 12.1 Å². The van der Waals surface area contributed by atoms with Gasteiger partial charge in [0.25, 0.3) is 0 Å². The summed E-state index contributed by atoms with van der Waals surface area (Å²) < 4.78 is 9.52. The van der Waals surface area contributed by atoms with Crippen molar-refractivity contribution >= 4 is 23.7 Å². The fourth-order valence-corrected chi connectivity index (χ4v) is 1.38. The molecule has 2 amide bonds. The number of benzene rings is 1. The maximum absolute atomic E-state index is 11.9. The Labute approximate surface area is 121 Å². The quantitative estimate of drug-likeness (QED) is 0.752. The van der Waals surface area contributed by atoms with E-state index in [1.54, 1.807) is 18.2 Å². The molecular formula is C13H16N2O6. The lowest BCUT2D eigenvalue weighted by atomic mass is 10.3. The van der Waals surface area contributed by atoms with Gasteiger partial charge in [-0.2, -0.15) is 0 Å². The Morgan fingerprint density at radius 1 is 1.29 bits per heavy atom. The van der Waals surface area contributed by atoms with Gasteiger partial charge in [-0.3, -0.25) is 4.79 Å². The van der Waals surface area contributed by atoms with E-state index in [2.05, 4.69) is 10.1 Å². The summed E-state index contributed by atoms with van der Waals surface area (Å²) >= 11 is 0. The number of nitrogens with one attached hydrogen (secondary N) is 1. The Kier molecular flexibility index (Phi) is 5.99. The maximum atomic E-state index is 11.9. The smallest absolute Gasteiger partial charge is 0.341 e. The zero-order valence-corrected chi connectivity index (χ0v) is 11.7. The number of para-hydroxylation sites is 2. The highest BCUT2D eigenvalue weighted by atomic mass is 16.5. The summed E-state index contributed by atoms with van der Waals surface area (Å²) in [6.45, 7) is -0.731. The van der Waals surface area contributed by atoms with Gasteiger partial charge in [0.1, 0.15) is 12.3 Å². The number of urea groups is 1. The Balaban J connectivity index is 2.71. The SMILES string of the molecule is COC(=O)CN(C)C(=O)Nc1ccccc1OCC(=O)O. The van der Waals surface area contributed by atoms with Gasteiger partial charge in [0, 0.05) is 7.05 Å². The van der Waals surface area contributed by atoms with Crippen LogP contribution in [0.1, 0.15) is 0 Å². The van der Waals surface area contributed by atoms with E-state index >= 15 is 0 Å². The first kappa shape index (κ1) is 16.3. The molecule has 21 heavy (non-hydrogen) atoms. The lowest BCUT2D eigenvalue weighted by Gasteiger charge is -2.18. The molecule has 0 bridgehead atoms. The molecule has 0 aromatic heterocycles. The third kappa shape index (κ3) is 5.39. The number of hydrogen-bond donors (Lipinski definition) is 2. The first-order chi connectivity index (χ1) is 9.93. The minimum absolute atomic E-state index is 0.208. The zero-order valence-electron chi connectivity index (χ0n) is 11.7. The molecule has 0 aliphatic heterocycles. The number of aliphatic carboxylic acids is 1. The number of carbonyl (C=O) groups is 3. The summed E-state index contributed by atoms with van der Waals surface area (Å²) in [6, 6.07) is 5.83. The molecule has 0 fully saturated rings. The monoisotopic (exact) mass is 296 g/mol. The van der Waals surface area contributed by atoms with Gasteiger partial charge in [0.05, 0.1) is 12.8 Å². The van der Waals surface area contributed by atoms with E-state index < -0.39 is 24.6 Å². The Morgan fingerprint density at radius 3 is 2.57 bits per heavy atom. The third-order valence-electron chi connectivity index (χ3n) is 2.42. The van der Waals surface area contributed by atoms with Crippen molar-refractivity contribution in [1.82, 2.24) is 4.90 Å². The first-order valence-electron chi connectivity index (χ1n) is 5.96. The maximum Gasteiger partial charge on any atom is 0.341 e. The van der Waals surface area contributed by atoms with Crippen LogP contribution in [-0.2, 0) is 14.3 Å². The lowest BCUT2D eigenvalue weighted by molar-refractivity contribution is -0.141. The van der Waals surface area contributed by atoms with Crippen molar-refractivity contribution < 1.29 is 29.0 Å². The number of carboxylic acids is 1. The molecule has 0 aliphatic rings. The van der Waals surface area contributed by atoms with Gasteiger partial charge >= 0.3 is 18.0 Å². The van der Waals surface area contributed by atoms with Gasteiger partial charge in [0.2, 0.25) is 0 Å². The molecule has 0 atom stereocenters. The third-order valence-corrected chi connectivity index (χ3v) is 2.42. The van der Waals surface area contributed by atoms with Gasteiger partial charge in [-0.15, -0.1) is 0 Å². The highest BCUT2D eigenvalue weighted by Gasteiger charge is 2.15. The molecule has 8 heteroatoms. The Morgan fingerprint density at radius 2 is 1.95 bits per heavy atom. The summed E-state index contributed by atoms with van der Waals surface area (Å²) in [5.74, 6) is -1.46. The van der Waals surface area contributed by atoms with Crippen LogP contribution in [0.15, 0.2) is 24.3 Å². The molecule has 1 aromatic carbocycles. The number of methoxy groups -OCH3 is 1. The molecule has 0 aliphatic carbocycles. The van der Waals surface area contributed by atoms with Crippen molar-refractivity contribution in [3.63, 3.8) is 0 Å². The van der Waals surface area contributed by atoms with E-state index in [1.807, 2.05) is 0 Å². The van der Waals surface area contributed by atoms with Crippen LogP contribution in [0.3, 0.4) is 0 Å². The van der Waals surface area contributed by atoms with E-state index in [0.717, 1.165) is 4.90 Å². The molecule has 1 rings (SSSR count). The topological polar surface area (TPSA) is 105 Å². The van der Waals surface area contributed by atoms with Crippen molar-refractivity contribution in [2.24, 2.45) is 0 Å². The number of ether oxygens (including phenoxy) is 2. The summed E-state index contributed by atoms with van der Waals surface area (Å²) in [4.78, 5) is 34.6. The standard InChI is InChI=1S/C13H16N2O6/c1-15(7-12(18)20-2)13(19)14-9-5-3-4-6-10(9)21-8-11(16)17/h3-6H,7-8H2,1-2H3,(H,14,19)(H,16,17). The van der Waals surface area contributed by atoms with Crippen LogP contribution in [0.4, 0.5) is 10.5 Å². The Hall–Kier alpha value is -2.77. The predicted molar refractivity (Wildman–Crippen MR) is 73.2 cm³/mol. The average molecular weight is 296 g/mol. The number of esters is 1. The molecule has 0 unspecified atom stereocenters. The molecule has 0 saturated heterocycles. The molecule has 8 nitrogen and oxygen atoms in total. The van der Waals surface area contributed by atoms with Gasteiger partial charge in [0.15, 0.2) is 6.61 Å². The van der Waals surface area contributed by atoms with E-state index in [-0.39, 0.29) is 12.3 Å². The van der Waals surface area contributed by atoms with Crippen LogP contribution < -0.4 is 10.1 Å². The second-order valence-corrected chi connectivity index (χ2v) is 4.04. The number of likely N-dealkylation sites (N-methyl/N-ethyl adjacent to an activating group) is 1. The zero-order chi connectivity index (χ0) is 15.8. The molecule has 114 valence electrons. The highest BCUT2D eigenvalue weighted by molar-refractivity contribution is 5.92. The van der Waals surface area contributed by atoms with Gasteiger partial charge in [-0.25, -0.2) is 9.59 Å². The molecular weight excluding hydrogens is 280 g/mol.